The van der Waals surface area contributed by atoms with Gasteiger partial charge in [-0.05, 0) is 37.1 Å². The van der Waals surface area contributed by atoms with Crippen LogP contribution in [0, 0.1) is 6.92 Å². The molecule has 2 N–H and O–H groups in total. The molecule has 106 valence electrons. The largest absolute Gasteiger partial charge is 0.358 e. The number of hydrogen-bond acceptors (Lipinski definition) is 4. The topological polar surface area (TPSA) is 57.3 Å². The lowest BCUT2D eigenvalue weighted by molar-refractivity contribution is -0.119. The van der Waals surface area contributed by atoms with Crippen molar-refractivity contribution in [2.24, 2.45) is 0 Å². The average molecular weight is 264 g/mol. The number of aromatic nitrogens is 1. The first-order valence-corrected chi connectivity index (χ1v) is 6.66. The standard InChI is InChI=1S/C14H24N4O/c1-5-6-16-8-12-7-11(2)14(17-9-12)18(4)10-13(19)15-3/h7,9,16H,5-6,8,10H2,1-4H3,(H,15,19). The van der Waals surface area contributed by atoms with E-state index < -0.39 is 0 Å². The highest BCUT2D eigenvalue weighted by molar-refractivity contribution is 5.80. The normalized spacial score (nSPS) is 10.3. The molecule has 0 spiro atoms. The predicted molar refractivity (Wildman–Crippen MR) is 78.3 cm³/mol. The molecular formula is C14H24N4O. The molecule has 0 atom stereocenters. The van der Waals surface area contributed by atoms with Gasteiger partial charge in [-0.1, -0.05) is 6.92 Å². The van der Waals surface area contributed by atoms with Crippen molar-refractivity contribution < 1.29 is 4.79 Å². The van der Waals surface area contributed by atoms with Gasteiger partial charge in [0.2, 0.25) is 5.91 Å². The monoisotopic (exact) mass is 264 g/mol. The van der Waals surface area contributed by atoms with Gasteiger partial charge in [0, 0.05) is 26.8 Å². The van der Waals surface area contributed by atoms with E-state index in [1.54, 1.807) is 7.05 Å². The number of rotatable bonds is 7. The van der Waals surface area contributed by atoms with Crippen molar-refractivity contribution in [3.05, 3.63) is 23.4 Å². The minimum absolute atomic E-state index is 0.0163. The van der Waals surface area contributed by atoms with Crippen LogP contribution in [0.4, 0.5) is 5.82 Å². The van der Waals surface area contributed by atoms with Gasteiger partial charge in [-0.3, -0.25) is 4.79 Å². The SMILES string of the molecule is CCCNCc1cnc(N(C)CC(=O)NC)c(C)c1. The van der Waals surface area contributed by atoms with E-state index in [1.807, 2.05) is 25.1 Å². The van der Waals surface area contributed by atoms with Crippen LogP contribution in [-0.2, 0) is 11.3 Å². The lowest BCUT2D eigenvalue weighted by atomic mass is 10.2. The number of carbonyl (C=O) groups excluding carboxylic acids is 1. The fraction of sp³-hybridized carbons (Fsp3) is 0.571. The van der Waals surface area contributed by atoms with Gasteiger partial charge >= 0.3 is 0 Å². The lowest BCUT2D eigenvalue weighted by Gasteiger charge is -2.19. The Balaban J connectivity index is 2.68. The molecule has 0 radical (unpaired) electrons. The Morgan fingerprint density at radius 3 is 2.79 bits per heavy atom. The molecule has 1 aromatic rings. The van der Waals surface area contributed by atoms with Crippen LogP contribution in [0.3, 0.4) is 0 Å². The molecule has 0 saturated heterocycles. The third kappa shape index (κ3) is 4.87. The van der Waals surface area contributed by atoms with E-state index in [0.29, 0.717) is 6.54 Å². The molecule has 0 aliphatic carbocycles. The number of likely N-dealkylation sites (N-methyl/N-ethyl adjacent to an activating group) is 2. The van der Waals surface area contributed by atoms with Crippen LogP contribution in [0.2, 0.25) is 0 Å². The quantitative estimate of drug-likeness (QED) is 0.723. The second-order valence-corrected chi connectivity index (χ2v) is 4.69. The fourth-order valence-electron chi connectivity index (χ4n) is 1.90. The minimum Gasteiger partial charge on any atom is -0.358 e. The molecule has 1 aromatic heterocycles. The smallest absolute Gasteiger partial charge is 0.239 e. The molecule has 0 saturated carbocycles. The van der Waals surface area contributed by atoms with Crippen molar-refractivity contribution in [2.75, 3.05) is 32.1 Å². The van der Waals surface area contributed by atoms with Crippen LogP contribution >= 0.6 is 0 Å². The summed E-state index contributed by atoms with van der Waals surface area (Å²) in [5.74, 6) is 0.834. The number of pyridine rings is 1. The highest BCUT2D eigenvalue weighted by Gasteiger charge is 2.10. The lowest BCUT2D eigenvalue weighted by Crippen LogP contribution is -2.33. The molecular weight excluding hydrogens is 240 g/mol. The Bertz CT molecular complexity index is 420. The third-order valence-corrected chi connectivity index (χ3v) is 2.88. The molecule has 1 rings (SSSR count). The van der Waals surface area contributed by atoms with E-state index in [0.717, 1.165) is 30.9 Å². The van der Waals surface area contributed by atoms with Gasteiger partial charge in [0.15, 0.2) is 0 Å². The van der Waals surface area contributed by atoms with Gasteiger partial charge < -0.3 is 15.5 Å². The van der Waals surface area contributed by atoms with Crippen LogP contribution < -0.4 is 15.5 Å². The fourth-order valence-corrected chi connectivity index (χ4v) is 1.90. The summed E-state index contributed by atoms with van der Waals surface area (Å²) in [6, 6.07) is 2.12. The van der Waals surface area contributed by atoms with Crippen LogP contribution in [0.15, 0.2) is 12.3 Å². The summed E-state index contributed by atoms with van der Waals surface area (Å²) < 4.78 is 0. The second-order valence-electron chi connectivity index (χ2n) is 4.69. The number of carbonyl (C=O) groups is 1. The Morgan fingerprint density at radius 2 is 2.21 bits per heavy atom. The van der Waals surface area contributed by atoms with Crippen LogP contribution in [0.25, 0.3) is 0 Å². The van der Waals surface area contributed by atoms with Gasteiger partial charge in [0.25, 0.3) is 0 Å². The van der Waals surface area contributed by atoms with Crippen molar-refractivity contribution in [2.45, 2.75) is 26.8 Å². The summed E-state index contributed by atoms with van der Waals surface area (Å²) in [5.41, 5.74) is 2.25. The molecule has 0 aliphatic rings. The number of aryl methyl sites for hydroxylation is 1. The number of nitrogens with one attached hydrogen (secondary N) is 2. The Labute approximate surface area is 115 Å². The van der Waals surface area contributed by atoms with Crippen molar-refractivity contribution >= 4 is 11.7 Å². The van der Waals surface area contributed by atoms with Crippen molar-refractivity contribution in [1.29, 1.82) is 0 Å². The Kier molecular flexibility index (Phi) is 6.29. The molecule has 0 fully saturated rings. The number of hydrogen-bond donors (Lipinski definition) is 2. The summed E-state index contributed by atoms with van der Waals surface area (Å²) in [5, 5.41) is 5.96. The van der Waals surface area contributed by atoms with Crippen LogP contribution in [0.1, 0.15) is 24.5 Å². The highest BCUT2D eigenvalue weighted by Crippen LogP contribution is 2.16. The number of anilines is 1. The van der Waals surface area contributed by atoms with E-state index in [9.17, 15) is 4.79 Å². The summed E-state index contributed by atoms with van der Waals surface area (Å²) in [6.45, 7) is 6.33. The second kappa shape index (κ2) is 7.74. The maximum atomic E-state index is 11.4. The molecule has 0 unspecified atom stereocenters. The van der Waals surface area contributed by atoms with Crippen molar-refractivity contribution in [1.82, 2.24) is 15.6 Å². The Hall–Kier alpha value is -1.62. The first kappa shape index (κ1) is 15.4. The van der Waals surface area contributed by atoms with Crippen molar-refractivity contribution in [3.8, 4) is 0 Å². The van der Waals surface area contributed by atoms with E-state index >= 15 is 0 Å². The van der Waals surface area contributed by atoms with Gasteiger partial charge in [0.1, 0.15) is 5.82 Å². The average Bonchev–Trinajstić information content (AvgIpc) is 2.38. The van der Waals surface area contributed by atoms with Gasteiger partial charge in [-0.15, -0.1) is 0 Å². The predicted octanol–water partition coefficient (Wildman–Crippen LogP) is 1.07. The molecule has 0 aromatic carbocycles. The minimum atomic E-state index is -0.0163. The van der Waals surface area contributed by atoms with Gasteiger partial charge in [0.05, 0.1) is 6.54 Å². The maximum Gasteiger partial charge on any atom is 0.239 e. The molecule has 1 amide bonds. The van der Waals surface area contributed by atoms with E-state index in [2.05, 4.69) is 28.6 Å². The molecule has 5 nitrogen and oxygen atoms in total. The molecule has 0 bridgehead atoms. The molecule has 1 heterocycles. The van der Waals surface area contributed by atoms with Crippen LogP contribution in [0.5, 0.6) is 0 Å². The zero-order valence-corrected chi connectivity index (χ0v) is 12.3. The van der Waals surface area contributed by atoms with Crippen LogP contribution in [-0.4, -0.2) is 38.1 Å². The third-order valence-electron chi connectivity index (χ3n) is 2.88. The van der Waals surface area contributed by atoms with E-state index in [-0.39, 0.29) is 5.91 Å². The summed E-state index contributed by atoms with van der Waals surface area (Å²) >= 11 is 0. The highest BCUT2D eigenvalue weighted by atomic mass is 16.1. The maximum absolute atomic E-state index is 11.4. The van der Waals surface area contributed by atoms with Gasteiger partial charge in [-0.25, -0.2) is 4.98 Å². The zero-order valence-electron chi connectivity index (χ0n) is 12.3. The first-order chi connectivity index (χ1) is 9.08. The van der Waals surface area contributed by atoms with E-state index in [4.69, 9.17) is 0 Å². The van der Waals surface area contributed by atoms with E-state index in [1.165, 1.54) is 5.56 Å². The molecule has 5 heteroatoms. The summed E-state index contributed by atoms with van der Waals surface area (Å²) in [4.78, 5) is 17.7. The summed E-state index contributed by atoms with van der Waals surface area (Å²) in [6.07, 6.45) is 2.99. The zero-order chi connectivity index (χ0) is 14.3. The van der Waals surface area contributed by atoms with Crippen molar-refractivity contribution in [3.63, 3.8) is 0 Å². The van der Waals surface area contributed by atoms with Gasteiger partial charge in [-0.2, -0.15) is 0 Å². The molecule has 19 heavy (non-hydrogen) atoms. The Morgan fingerprint density at radius 1 is 1.47 bits per heavy atom. The molecule has 0 aliphatic heterocycles. The number of amides is 1. The summed E-state index contributed by atoms with van der Waals surface area (Å²) in [7, 11) is 3.51. The number of nitrogens with zero attached hydrogens (tertiary/aromatic N) is 2. The first-order valence-electron chi connectivity index (χ1n) is 6.66.